The Morgan fingerprint density at radius 1 is 1.32 bits per heavy atom. The van der Waals surface area contributed by atoms with E-state index < -0.39 is 11.6 Å². The van der Waals surface area contributed by atoms with Gasteiger partial charge in [-0.25, -0.2) is 13.8 Å². The number of carbonyl (C=O) groups excluding carboxylic acids is 1. The molecule has 1 aromatic carbocycles. The number of hydrazone groups is 1. The van der Waals surface area contributed by atoms with Gasteiger partial charge in [0.05, 0.1) is 31.5 Å². The fraction of sp³-hybridized carbons (Fsp3) is 0.421. The highest BCUT2D eigenvalue weighted by atomic mass is 32.1. The van der Waals surface area contributed by atoms with Crippen LogP contribution in [0.2, 0.25) is 0 Å². The molecule has 0 bridgehead atoms. The molecule has 152 valence electrons. The molecule has 0 aliphatic heterocycles. The SMILES string of the molecule is CCCCCOc1c(F)cc(F)cc1C=NNc1nc(CC(=O)OCC)cs1. The van der Waals surface area contributed by atoms with Crippen molar-refractivity contribution >= 4 is 28.7 Å². The van der Waals surface area contributed by atoms with Crippen LogP contribution in [-0.2, 0) is 16.0 Å². The quantitative estimate of drug-likeness (QED) is 0.254. The van der Waals surface area contributed by atoms with Gasteiger partial charge in [0.25, 0.3) is 0 Å². The van der Waals surface area contributed by atoms with Crippen molar-refractivity contribution in [1.82, 2.24) is 4.98 Å². The van der Waals surface area contributed by atoms with Crippen molar-refractivity contribution in [2.24, 2.45) is 5.10 Å². The molecule has 0 radical (unpaired) electrons. The first kappa shape index (κ1) is 21.7. The van der Waals surface area contributed by atoms with Crippen LogP contribution in [0.4, 0.5) is 13.9 Å². The van der Waals surface area contributed by atoms with E-state index >= 15 is 0 Å². The maximum atomic E-state index is 14.1. The molecule has 0 saturated carbocycles. The predicted molar refractivity (Wildman–Crippen MR) is 105 cm³/mol. The van der Waals surface area contributed by atoms with Crippen LogP contribution in [0.15, 0.2) is 22.6 Å². The average Bonchev–Trinajstić information content (AvgIpc) is 3.07. The number of hydrogen-bond donors (Lipinski definition) is 1. The molecule has 0 aliphatic carbocycles. The summed E-state index contributed by atoms with van der Waals surface area (Å²) in [6.45, 7) is 4.44. The second-order valence-electron chi connectivity index (χ2n) is 5.86. The first-order valence-corrected chi connectivity index (χ1v) is 9.92. The zero-order valence-corrected chi connectivity index (χ0v) is 16.7. The van der Waals surface area contributed by atoms with Crippen molar-refractivity contribution in [2.75, 3.05) is 18.6 Å². The molecule has 0 aliphatic rings. The Kier molecular flexibility index (Phi) is 8.80. The summed E-state index contributed by atoms with van der Waals surface area (Å²) in [5.74, 6) is -1.89. The van der Waals surface area contributed by atoms with E-state index in [1.807, 2.05) is 0 Å². The molecule has 2 rings (SSSR count). The van der Waals surface area contributed by atoms with Crippen LogP contribution in [0.1, 0.15) is 44.4 Å². The number of nitrogens with one attached hydrogen (secondary N) is 1. The number of hydrogen-bond acceptors (Lipinski definition) is 7. The number of rotatable bonds is 11. The standard InChI is InChI=1S/C19H23F2N3O3S/c1-3-5-6-7-27-18-13(8-14(20)9-16(18)21)11-22-24-19-23-15(12-28-19)10-17(25)26-4-2/h8-9,11-12H,3-7,10H2,1-2H3,(H,23,24). The summed E-state index contributed by atoms with van der Waals surface area (Å²) in [7, 11) is 0. The lowest BCUT2D eigenvalue weighted by Crippen LogP contribution is -2.07. The summed E-state index contributed by atoms with van der Waals surface area (Å²) in [5.41, 5.74) is 3.42. The van der Waals surface area contributed by atoms with E-state index in [0.29, 0.717) is 24.0 Å². The van der Waals surface area contributed by atoms with Gasteiger partial charge >= 0.3 is 5.97 Å². The van der Waals surface area contributed by atoms with Crippen LogP contribution in [0.5, 0.6) is 5.75 Å². The molecule has 2 aromatic rings. The third-order valence-electron chi connectivity index (χ3n) is 3.58. The summed E-state index contributed by atoms with van der Waals surface area (Å²) in [5, 5.41) is 6.12. The van der Waals surface area contributed by atoms with E-state index in [2.05, 4.69) is 22.4 Å². The number of halogens is 2. The summed E-state index contributed by atoms with van der Waals surface area (Å²) >= 11 is 1.25. The Hall–Kier alpha value is -2.55. The highest BCUT2D eigenvalue weighted by molar-refractivity contribution is 7.13. The molecule has 9 heteroatoms. The van der Waals surface area contributed by atoms with Gasteiger partial charge in [-0.15, -0.1) is 11.3 Å². The fourth-order valence-corrected chi connectivity index (χ4v) is 2.97. The zero-order valence-electron chi connectivity index (χ0n) is 15.8. The number of anilines is 1. The molecule has 1 N–H and O–H groups in total. The van der Waals surface area contributed by atoms with E-state index in [1.54, 1.807) is 12.3 Å². The lowest BCUT2D eigenvalue weighted by atomic mass is 10.2. The van der Waals surface area contributed by atoms with Crippen molar-refractivity contribution in [3.05, 3.63) is 40.4 Å². The molecular formula is C19H23F2N3O3S. The summed E-state index contributed by atoms with van der Waals surface area (Å²) in [6.07, 6.45) is 4.10. The third kappa shape index (κ3) is 6.88. The van der Waals surface area contributed by atoms with Crippen LogP contribution < -0.4 is 10.2 Å². The van der Waals surface area contributed by atoms with Gasteiger partial charge in [-0.05, 0) is 19.4 Å². The number of thiazole rings is 1. The van der Waals surface area contributed by atoms with Gasteiger partial charge in [0.2, 0.25) is 5.13 Å². The predicted octanol–water partition coefficient (Wildman–Crippen LogP) is 4.54. The molecule has 0 amide bonds. The lowest BCUT2D eigenvalue weighted by molar-refractivity contribution is -0.142. The van der Waals surface area contributed by atoms with E-state index in [0.717, 1.165) is 31.4 Å². The molecule has 28 heavy (non-hydrogen) atoms. The van der Waals surface area contributed by atoms with Crippen LogP contribution >= 0.6 is 11.3 Å². The number of aromatic nitrogens is 1. The van der Waals surface area contributed by atoms with Crippen molar-refractivity contribution < 1.29 is 23.0 Å². The van der Waals surface area contributed by atoms with E-state index in [9.17, 15) is 13.6 Å². The van der Waals surface area contributed by atoms with Crippen LogP contribution in [-0.4, -0.2) is 30.4 Å². The Morgan fingerprint density at radius 3 is 2.89 bits per heavy atom. The van der Waals surface area contributed by atoms with Gasteiger partial charge in [-0.1, -0.05) is 19.8 Å². The normalized spacial score (nSPS) is 11.0. The number of ether oxygens (including phenoxy) is 2. The van der Waals surface area contributed by atoms with Crippen molar-refractivity contribution in [3.8, 4) is 5.75 Å². The highest BCUT2D eigenvalue weighted by Gasteiger charge is 2.12. The van der Waals surface area contributed by atoms with Gasteiger partial charge < -0.3 is 9.47 Å². The summed E-state index contributed by atoms with van der Waals surface area (Å²) < 4.78 is 38.0. The number of esters is 1. The van der Waals surface area contributed by atoms with Gasteiger partial charge in [-0.3, -0.25) is 10.2 Å². The van der Waals surface area contributed by atoms with Crippen LogP contribution in [0.25, 0.3) is 0 Å². The monoisotopic (exact) mass is 411 g/mol. The summed E-state index contributed by atoms with van der Waals surface area (Å²) in [4.78, 5) is 15.7. The smallest absolute Gasteiger partial charge is 0.311 e. The molecule has 0 saturated heterocycles. The van der Waals surface area contributed by atoms with Crippen molar-refractivity contribution in [3.63, 3.8) is 0 Å². The topological polar surface area (TPSA) is 72.8 Å². The fourth-order valence-electron chi connectivity index (χ4n) is 2.31. The molecule has 0 fully saturated rings. The van der Waals surface area contributed by atoms with Crippen molar-refractivity contribution in [2.45, 2.75) is 39.5 Å². The minimum absolute atomic E-state index is 0.0369. The number of nitrogens with zero attached hydrogens (tertiary/aromatic N) is 2. The molecule has 6 nitrogen and oxygen atoms in total. The van der Waals surface area contributed by atoms with Gasteiger partial charge in [0, 0.05) is 17.0 Å². The first-order valence-electron chi connectivity index (χ1n) is 9.04. The Morgan fingerprint density at radius 2 is 2.14 bits per heavy atom. The number of benzene rings is 1. The van der Waals surface area contributed by atoms with Gasteiger partial charge in [-0.2, -0.15) is 5.10 Å². The third-order valence-corrected chi connectivity index (χ3v) is 4.37. The molecule has 0 atom stereocenters. The maximum absolute atomic E-state index is 14.1. The Bertz CT molecular complexity index is 812. The average molecular weight is 411 g/mol. The Balaban J connectivity index is 2.01. The Labute approximate surface area is 166 Å². The first-order chi connectivity index (χ1) is 13.5. The number of unbranched alkanes of at least 4 members (excludes halogenated alkanes) is 2. The molecule has 0 spiro atoms. The van der Waals surface area contributed by atoms with Crippen LogP contribution in [0.3, 0.4) is 0 Å². The van der Waals surface area contributed by atoms with Crippen LogP contribution in [0, 0.1) is 11.6 Å². The lowest BCUT2D eigenvalue weighted by Gasteiger charge is -2.10. The highest BCUT2D eigenvalue weighted by Crippen LogP contribution is 2.24. The minimum Gasteiger partial charge on any atom is -0.490 e. The van der Waals surface area contributed by atoms with E-state index in [-0.39, 0.29) is 23.7 Å². The molecule has 0 unspecified atom stereocenters. The summed E-state index contributed by atoms with van der Waals surface area (Å²) in [6, 6.07) is 1.93. The maximum Gasteiger partial charge on any atom is 0.311 e. The van der Waals surface area contributed by atoms with Gasteiger partial charge in [0.1, 0.15) is 5.82 Å². The van der Waals surface area contributed by atoms with Gasteiger partial charge in [0.15, 0.2) is 11.6 Å². The second kappa shape index (κ2) is 11.3. The molecular weight excluding hydrogens is 388 g/mol. The molecule has 1 heterocycles. The van der Waals surface area contributed by atoms with Crippen molar-refractivity contribution in [1.29, 1.82) is 0 Å². The molecule has 1 aromatic heterocycles. The number of carbonyl (C=O) groups is 1. The van der Waals surface area contributed by atoms with E-state index in [4.69, 9.17) is 9.47 Å². The van der Waals surface area contributed by atoms with E-state index in [1.165, 1.54) is 17.6 Å². The minimum atomic E-state index is -0.774. The zero-order chi connectivity index (χ0) is 20.4. The largest absolute Gasteiger partial charge is 0.490 e. The second-order valence-corrected chi connectivity index (χ2v) is 6.72.